The zero-order chi connectivity index (χ0) is 55.0. The van der Waals surface area contributed by atoms with Gasteiger partial charge in [0.05, 0.1) is 0 Å². The standard InChI is InChI=1S/C70H122O6/c1-4-7-10-13-16-19-22-25-27-29-31-32-33-34-35-36-37-38-40-41-43-45-48-51-54-57-60-63-69(72)75-66-67(65-74-68(71)62-59-56-53-50-47-24-21-18-15-12-9-6-3)76-70(73)64-61-58-55-52-49-46-44-42-39-30-28-26-23-20-17-14-11-8-5-2/h7,10,16,18-19,21,25-28,31-32,34-35,67H,4-6,8-9,11-15,17,20,22-24,29-30,33,36-66H2,1-3H3/b10-7-,19-16-,21-18-,27-25-,28-26-,32-31-,35-34-. The average molecular weight is 1060 g/mol. The van der Waals surface area contributed by atoms with E-state index in [9.17, 15) is 14.4 Å². The quantitative estimate of drug-likeness (QED) is 0.0261. The minimum atomic E-state index is -0.782. The van der Waals surface area contributed by atoms with Crippen molar-refractivity contribution in [3.63, 3.8) is 0 Å². The second kappa shape index (κ2) is 64.1. The zero-order valence-electron chi connectivity index (χ0n) is 50.3. The van der Waals surface area contributed by atoms with Crippen LogP contribution in [0.25, 0.3) is 0 Å². The molecule has 0 aromatic carbocycles. The maximum atomic E-state index is 12.9. The van der Waals surface area contributed by atoms with Crippen molar-refractivity contribution in [1.82, 2.24) is 0 Å². The molecule has 0 radical (unpaired) electrons. The van der Waals surface area contributed by atoms with Crippen LogP contribution >= 0.6 is 0 Å². The molecular weight excluding hydrogens is 937 g/mol. The fourth-order valence-corrected chi connectivity index (χ4v) is 9.23. The van der Waals surface area contributed by atoms with E-state index < -0.39 is 6.10 Å². The maximum absolute atomic E-state index is 12.9. The molecule has 1 atom stereocenters. The third-order valence-electron chi connectivity index (χ3n) is 14.1. The predicted molar refractivity (Wildman–Crippen MR) is 330 cm³/mol. The highest BCUT2D eigenvalue weighted by molar-refractivity contribution is 5.71. The van der Waals surface area contributed by atoms with E-state index in [0.717, 1.165) is 96.3 Å². The summed E-state index contributed by atoms with van der Waals surface area (Å²) in [7, 11) is 0. The Kier molecular flexibility index (Phi) is 61.2. The first kappa shape index (κ1) is 72.6. The van der Waals surface area contributed by atoms with E-state index in [-0.39, 0.29) is 31.1 Å². The number of esters is 3. The van der Waals surface area contributed by atoms with Crippen LogP contribution in [0.3, 0.4) is 0 Å². The molecule has 0 aliphatic carbocycles. The van der Waals surface area contributed by atoms with Crippen molar-refractivity contribution in [3.05, 3.63) is 85.1 Å². The van der Waals surface area contributed by atoms with Crippen LogP contribution in [-0.4, -0.2) is 37.2 Å². The van der Waals surface area contributed by atoms with Crippen molar-refractivity contribution >= 4 is 17.9 Å². The van der Waals surface area contributed by atoms with Crippen molar-refractivity contribution in [1.29, 1.82) is 0 Å². The summed E-state index contributed by atoms with van der Waals surface area (Å²) in [6.45, 7) is 6.52. The summed E-state index contributed by atoms with van der Waals surface area (Å²) in [5.74, 6) is -0.881. The molecule has 0 rings (SSSR count). The third-order valence-corrected chi connectivity index (χ3v) is 14.1. The van der Waals surface area contributed by atoms with E-state index in [1.807, 2.05) is 0 Å². The molecule has 0 aromatic rings. The Morgan fingerprint density at radius 2 is 0.513 bits per heavy atom. The Bertz CT molecular complexity index is 1450. The molecule has 0 aliphatic rings. The SMILES string of the molecule is CC/C=C\C/C=C\C/C=C\C/C=C\C/C=C\CCCCCCCCCCCCCC(=O)OCC(COC(=O)CCCCCCC/C=C\CCCCC)OC(=O)CCCCCCCCCCC/C=C\CCCCCCCC. The second-order valence-corrected chi connectivity index (χ2v) is 21.6. The summed E-state index contributed by atoms with van der Waals surface area (Å²) in [6.07, 6.45) is 84.5. The first-order valence-corrected chi connectivity index (χ1v) is 32.6. The molecule has 0 heterocycles. The topological polar surface area (TPSA) is 78.9 Å². The minimum Gasteiger partial charge on any atom is -0.462 e. The molecule has 1 unspecified atom stereocenters. The van der Waals surface area contributed by atoms with Crippen LogP contribution in [0.5, 0.6) is 0 Å². The molecule has 0 bridgehead atoms. The minimum absolute atomic E-state index is 0.0796. The summed E-state index contributed by atoms with van der Waals surface area (Å²) < 4.78 is 16.9. The summed E-state index contributed by atoms with van der Waals surface area (Å²) in [5, 5.41) is 0. The Morgan fingerprint density at radius 1 is 0.276 bits per heavy atom. The fraction of sp³-hybridized carbons (Fsp3) is 0.757. The number of allylic oxidation sites excluding steroid dienone is 14. The highest BCUT2D eigenvalue weighted by Crippen LogP contribution is 2.16. The van der Waals surface area contributed by atoms with Crippen molar-refractivity contribution in [2.24, 2.45) is 0 Å². The maximum Gasteiger partial charge on any atom is 0.306 e. The van der Waals surface area contributed by atoms with Gasteiger partial charge in [-0.15, -0.1) is 0 Å². The van der Waals surface area contributed by atoms with E-state index in [1.54, 1.807) is 0 Å². The molecule has 6 nitrogen and oxygen atoms in total. The summed E-state index contributed by atoms with van der Waals surface area (Å²) >= 11 is 0. The lowest BCUT2D eigenvalue weighted by Gasteiger charge is -2.18. The third kappa shape index (κ3) is 61.4. The van der Waals surface area contributed by atoms with E-state index in [1.165, 1.54) is 186 Å². The monoisotopic (exact) mass is 1060 g/mol. The fourth-order valence-electron chi connectivity index (χ4n) is 9.23. The van der Waals surface area contributed by atoms with E-state index in [4.69, 9.17) is 14.2 Å². The van der Waals surface area contributed by atoms with Crippen LogP contribution in [0.2, 0.25) is 0 Å². The average Bonchev–Trinajstić information content (AvgIpc) is 3.42. The normalized spacial score (nSPS) is 12.6. The Morgan fingerprint density at radius 3 is 0.842 bits per heavy atom. The van der Waals surface area contributed by atoms with Gasteiger partial charge in [-0.1, -0.05) is 273 Å². The van der Waals surface area contributed by atoms with Crippen LogP contribution in [0.15, 0.2) is 85.1 Å². The van der Waals surface area contributed by atoms with Gasteiger partial charge in [0.2, 0.25) is 0 Å². The Balaban J connectivity index is 4.27. The Labute approximate surface area is 471 Å². The molecule has 0 aromatic heterocycles. The molecule has 0 amide bonds. The van der Waals surface area contributed by atoms with Gasteiger partial charge in [0.15, 0.2) is 6.10 Å². The lowest BCUT2D eigenvalue weighted by atomic mass is 10.0. The van der Waals surface area contributed by atoms with Crippen LogP contribution < -0.4 is 0 Å². The van der Waals surface area contributed by atoms with Crippen LogP contribution in [0, 0.1) is 0 Å². The molecule has 0 aliphatic heterocycles. The van der Waals surface area contributed by atoms with Crippen molar-refractivity contribution < 1.29 is 28.6 Å². The first-order chi connectivity index (χ1) is 37.5. The number of ether oxygens (including phenoxy) is 3. The highest BCUT2D eigenvalue weighted by Gasteiger charge is 2.19. The van der Waals surface area contributed by atoms with Crippen molar-refractivity contribution in [3.8, 4) is 0 Å². The van der Waals surface area contributed by atoms with E-state index >= 15 is 0 Å². The molecule has 0 N–H and O–H groups in total. The number of unbranched alkanes of at least 4 members (excludes halogenated alkanes) is 34. The van der Waals surface area contributed by atoms with Gasteiger partial charge in [0, 0.05) is 19.3 Å². The van der Waals surface area contributed by atoms with E-state index in [2.05, 4.69) is 106 Å². The summed E-state index contributed by atoms with van der Waals surface area (Å²) in [6, 6.07) is 0. The Hall–Kier alpha value is -3.41. The summed E-state index contributed by atoms with van der Waals surface area (Å²) in [5.41, 5.74) is 0. The number of hydrogen-bond donors (Lipinski definition) is 0. The van der Waals surface area contributed by atoms with Gasteiger partial charge in [0.25, 0.3) is 0 Å². The van der Waals surface area contributed by atoms with Gasteiger partial charge < -0.3 is 14.2 Å². The van der Waals surface area contributed by atoms with Crippen LogP contribution in [0.1, 0.15) is 323 Å². The smallest absolute Gasteiger partial charge is 0.306 e. The molecule has 0 fully saturated rings. The van der Waals surface area contributed by atoms with Gasteiger partial charge in [-0.2, -0.15) is 0 Å². The number of rotatable bonds is 59. The molecule has 438 valence electrons. The molecule has 76 heavy (non-hydrogen) atoms. The molecule has 0 saturated heterocycles. The second-order valence-electron chi connectivity index (χ2n) is 21.6. The number of hydrogen-bond acceptors (Lipinski definition) is 6. The largest absolute Gasteiger partial charge is 0.462 e. The zero-order valence-corrected chi connectivity index (χ0v) is 50.3. The lowest BCUT2D eigenvalue weighted by molar-refractivity contribution is -0.167. The number of carbonyl (C=O) groups is 3. The highest BCUT2D eigenvalue weighted by atomic mass is 16.6. The van der Waals surface area contributed by atoms with Crippen molar-refractivity contribution in [2.75, 3.05) is 13.2 Å². The predicted octanol–water partition coefficient (Wildman–Crippen LogP) is 22.3. The lowest BCUT2D eigenvalue weighted by Crippen LogP contribution is -2.30. The summed E-state index contributed by atoms with van der Waals surface area (Å²) in [4.78, 5) is 38.3. The van der Waals surface area contributed by atoms with Crippen LogP contribution in [-0.2, 0) is 28.6 Å². The van der Waals surface area contributed by atoms with Crippen LogP contribution in [0.4, 0.5) is 0 Å². The van der Waals surface area contributed by atoms with Gasteiger partial charge in [-0.05, 0) is 116 Å². The van der Waals surface area contributed by atoms with E-state index in [0.29, 0.717) is 19.3 Å². The number of carbonyl (C=O) groups excluding carboxylic acids is 3. The molecule has 0 spiro atoms. The molecule has 0 saturated carbocycles. The van der Waals surface area contributed by atoms with Gasteiger partial charge >= 0.3 is 17.9 Å². The van der Waals surface area contributed by atoms with Gasteiger partial charge in [-0.3, -0.25) is 14.4 Å². The molecule has 6 heteroatoms. The van der Waals surface area contributed by atoms with Gasteiger partial charge in [-0.25, -0.2) is 0 Å². The van der Waals surface area contributed by atoms with Gasteiger partial charge in [0.1, 0.15) is 13.2 Å². The first-order valence-electron chi connectivity index (χ1n) is 32.6. The molecular formula is C70H122O6. The van der Waals surface area contributed by atoms with Crippen molar-refractivity contribution in [2.45, 2.75) is 329 Å².